The third kappa shape index (κ3) is 5.46. The first-order valence-electron chi connectivity index (χ1n) is 8.26. The van der Waals surface area contributed by atoms with Crippen LogP contribution in [0.4, 0.5) is 13.2 Å². The number of nitrogens with zero attached hydrogens (tertiary/aromatic N) is 3. The number of hydrogen-bond acceptors (Lipinski definition) is 4. The Balaban J connectivity index is 1.83. The molecule has 138 valence electrons. The lowest BCUT2D eigenvalue weighted by Gasteiger charge is -2.29. The molecule has 1 aliphatic heterocycles. The second-order valence-corrected chi connectivity index (χ2v) is 6.85. The topological polar surface area (TPSA) is 50.5 Å². The van der Waals surface area contributed by atoms with Crippen LogP contribution >= 0.6 is 0 Å². The van der Waals surface area contributed by atoms with Gasteiger partial charge in [-0.05, 0) is 33.2 Å². The molecule has 1 aromatic rings. The Kier molecular flexibility index (Phi) is 6.28. The molecule has 2 rings (SSSR count). The van der Waals surface area contributed by atoms with Crippen molar-refractivity contribution in [2.24, 2.45) is 5.92 Å². The predicted molar refractivity (Wildman–Crippen MR) is 83.6 cm³/mol. The molecular formula is C16H26F3N3O2. The summed E-state index contributed by atoms with van der Waals surface area (Å²) < 4.78 is 45.2. The van der Waals surface area contributed by atoms with Gasteiger partial charge in [0.05, 0.1) is 18.8 Å². The van der Waals surface area contributed by atoms with E-state index in [2.05, 4.69) is 4.98 Å². The zero-order chi connectivity index (χ0) is 17.9. The van der Waals surface area contributed by atoms with E-state index in [1.807, 2.05) is 25.8 Å². The van der Waals surface area contributed by atoms with Gasteiger partial charge in [-0.1, -0.05) is 0 Å². The van der Waals surface area contributed by atoms with Gasteiger partial charge in [-0.25, -0.2) is 4.98 Å². The summed E-state index contributed by atoms with van der Waals surface area (Å²) >= 11 is 0. The zero-order valence-corrected chi connectivity index (χ0v) is 14.4. The molecule has 0 spiro atoms. The Hall–Kier alpha value is -1.12. The largest absolute Gasteiger partial charge is 0.434 e. The van der Waals surface area contributed by atoms with Gasteiger partial charge in [-0.3, -0.25) is 0 Å². The lowest BCUT2D eigenvalue weighted by molar-refractivity contribution is -0.141. The van der Waals surface area contributed by atoms with Crippen LogP contribution in [0.3, 0.4) is 0 Å². The number of ether oxygens (including phenoxy) is 1. The van der Waals surface area contributed by atoms with E-state index in [1.165, 1.54) is 0 Å². The van der Waals surface area contributed by atoms with Crippen molar-refractivity contribution in [3.8, 4) is 0 Å². The minimum absolute atomic E-state index is 0.0748. The van der Waals surface area contributed by atoms with Crippen molar-refractivity contribution >= 4 is 0 Å². The standard InChI is InChI=1S/C16H26F3N3O2/c1-11(2)24-10-13(23)8-21(3)6-12-4-5-15-20-14(16(17,18)19)9-22(15)7-12/h9,11-13,23H,4-8,10H2,1-3H3/t12-,13+/m0/s1. The summed E-state index contributed by atoms with van der Waals surface area (Å²) in [5.41, 5.74) is -0.812. The molecule has 0 unspecified atom stereocenters. The first kappa shape index (κ1) is 19.2. The summed E-state index contributed by atoms with van der Waals surface area (Å²) in [6.45, 7) is 5.84. The van der Waals surface area contributed by atoms with Crippen molar-refractivity contribution in [3.63, 3.8) is 0 Å². The smallest absolute Gasteiger partial charge is 0.389 e. The van der Waals surface area contributed by atoms with Crippen LogP contribution in [0.1, 0.15) is 31.8 Å². The third-order valence-electron chi connectivity index (χ3n) is 4.09. The molecule has 0 saturated carbocycles. The Morgan fingerprint density at radius 2 is 2.17 bits per heavy atom. The molecular weight excluding hydrogens is 323 g/mol. The average Bonchev–Trinajstić information content (AvgIpc) is 2.88. The van der Waals surface area contributed by atoms with E-state index in [9.17, 15) is 18.3 Å². The highest BCUT2D eigenvalue weighted by molar-refractivity contribution is 5.09. The van der Waals surface area contributed by atoms with Crippen LogP contribution < -0.4 is 0 Å². The molecule has 8 heteroatoms. The molecule has 2 atom stereocenters. The summed E-state index contributed by atoms with van der Waals surface area (Å²) in [5, 5.41) is 9.94. The van der Waals surface area contributed by atoms with Crippen LogP contribution in [0.2, 0.25) is 0 Å². The molecule has 0 radical (unpaired) electrons. The van der Waals surface area contributed by atoms with Crippen molar-refractivity contribution in [3.05, 3.63) is 17.7 Å². The number of aliphatic hydroxyl groups excluding tert-OH is 1. The summed E-state index contributed by atoms with van der Waals surface area (Å²) in [7, 11) is 1.91. The van der Waals surface area contributed by atoms with Gasteiger partial charge in [0.25, 0.3) is 0 Å². The zero-order valence-electron chi connectivity index (χ0n) is 14.4. The first-order valence-corrected chi connectivity index (χ1v) is 8.26. The van der Waals surface area contributed by atoms with Crippen LogP contribution in [-0.2, 0) is 23.9 Å². The number of fused-ring (bicyclic) bond motifs is 1. The van der Waals surface area contributed by atoms with Gasteiger partial charge in [0.2, 0.25) is 0 Å². The first-order chi connectivity index (χ1) is 11.1. The molecule has 5 nitrogen and oxygen atoms in total. The average molecular weight is 349 g/mol. The molecule has 24 heavy (non-hydrogen) atoms. The van der Waals surface area contributed by atoms with Crippen LogP contribution in [0.25, 0.3) is 0 Å². The maximum absolute atomic E-state index is 12.7. The molecule has 2 heterocycles. The molecule has 0 aromatic carbocycles. The number of likely N-dealkylation sites (N-methyl/N-ethyl adjacent to an activating group) is 1. The highest BCUT2D eigenvalue weighted by atomic mass is 19.4. The van der Waals surface area contributed by atoms with E-state index in [4.69, 9.17) is 4.74 Å². The molecule has 0 bridgehead atoms. The maximum atomic E-state index is 12.7. The van der Waals surface area contributed by atoms with E-state index in [1.54, 1.807) is 4.57 Å². The van der Waals surface area contributed by atoms with Crippen molar-refractivity contribution in [2.75, 3.05) is 26.7 Å². The number of hydrogen-bond donors (Lipinski definition) is 1. The number of aryl methyl sites for hydroxylation is 1. The van der Waals surface area contributed by atoms with Crippen molar-refractivity contribution in [1.29, 1.82) is 0 Å². The quantitative estimate of drug-likeness (QED) is 0.820. The summed E-state index contributed by atoms with van der Waals surface area (Å²) in [6, 6.07) is 0. The van der Waals surface area contributed by atoms with Gasteiger partial charge in [0.15, 0.2) is 5.69 Å². The molecule has 0 amide bonds. The number of aromatic nitrogens is 2. The number of halogens is 3. The van der Waals surface area contributed by atoms with Gasteiger partial charge in [-0.2, -0.15) is 13.2 Å². The van der Waals surface area contributed by atoms with Crippen LogP contribution in [-0.4, -0.2) is 58.5 Å². The van der Waals surface area contributed by atoms with E-state index in [0.29, 0.717) is 25.3 Å². The second-order valence-electron chi connectivity index (χ2n) is 6.85. The van der Waals surface area contributed by atoms with Crippen LogP contribution in [0, 0.1) is 5.92 Å². The molecule has 0 fully saturated rings. The van der Waals surface area contributed by atoms with E-state index < -0.39 is 18.0 Å². The Labute approximate surface area is 140 Å². The number of aliphatic hydroxyl groups is 1. The van der Waals surface area contributed by atoms with Gasteiger partial charge < -0.3 is 19.3 Å². The van der Waals surface area contributed by atoms with Gasteiger partial charge in [0.1, 0.15) is 5.82 Å². The fraction of sp³-hybridized carbons (Fsp3) is 0.812. The minimum Gasteiger partial charge on any atom is -0.389 e. The lowest BCUT2D eigenvalue weighted by atomic mass is 9.99. The van der Waals surface area contributed by atoms with E-state index in [0.717, 1.165) is 19.2 Å². The number of rotatable bonds is 7. The highest BCUT2D eigenvalue weighted by Crippen LogP contribution is 2.30. The van der Waals surface area contributed by atoms with Crippen LogP contribution in [0.5, 0.6) is 0 Å². The molecule has 1 aliphatic rings. The molecule has 1 aromatic heterocycles. The van der Waals surface area contributed by atoms with E-state index in [-0.39, 0.29) is 18.6 Å². The summed E-state index contributed by atoms with van der Waals surface area (Å²) in [6.07, 6.45) is -2.43. The fourth-order valence-corrected chi connectivity index (χ4v) is 3.03. The van der Waals surface area contributed by atoms with Crippen molar-refractivity contribution in [1.82, 2.24) is 14.5 Å². The number of imidazole rings is 1. The van der Waals surface area contributed by atoms with Gasteiger partial charge in [0, 0.05) is 32.3 Å². The fourth-order valence-electron chi connectivity index (χ4n) is 3.03. The highest BCUT2D eigenvalue weighted by Gasteiger charge is 2.35. The molecule has 1 N–H and O–H groups in total. The summed E-state index contributed by atoms with van der Waals surface area (Å²) in [4.78, 5) is 5.70. The van der Waals surface area contributed by atoms with Crippen molar-refractivity contribution < 1.29 is 23.0 Å². The Morgan fingerprint density at radius 3 is 2.79 bits per heavy atom. The lowest BCUT2D eigenvalue weighted by Crippen LogP contribution is -2.37. The molecule has 0 saturated heterocycles. The summed E-state index contributed by atoms with van der Waals surface area (Å²) in [5.74, 6) is 0.752. The predicted octanol–water partition coefficient (Wildman–Crippen LogP) is 2.18. The van der Waals surface area contributed by atoms with Crippen LogP contribution in [0.15, 0.2) is 6.20 Å². The SMILES string of the molecule is CC(C)OC[C@H](O)CN(C)C[C@@H]1CCc2nc(C(F)(F)F)cn2C1. The Bertz CT molecular complexity index is 531. The van der Waals surface area contributed by atoms with Gasteiger partial charge in [-0.15, -0.1) is 0 Å². The maximum Gasteiger partial charge on any atom is 0.434 e. The third-order valence-corrected chi connectivity index (χ3v) is 4.09. The normalized spacial score (nSPS) is 19.8. The van der Waals surface area contributed by atoms with Crippen molar-refractivity contribution in [2.45, 2.75) is 51.6 Å². The van der Waals surface area contributed by atoms with E-state index >= 15 is 0 Å². The minimum atomic E-state index is -4.39. The monoisotopic (exact) mass is 349 g/mol. The Morgan fingerprint density at radius 1 is 1.46 bits per heavy atom. The number of alkyl halides is 3. The second kappa shape index (κ2) is 7.84. The molecule has 0 aliphatic carbocycles. The van der Waals surface area contributed by atoms with Gasteiger partial charge >= 0.3 is 6.18 Å².